The van der Waals surface area contributed by atoms with E-state index in [1.807, 2.05) is 38.1 Å². The van der Waals surface area contributed by atoms with Crippen LogP contribution in [0, 0.1) is 5.92 Å². The van der Waals surface area contributed by atoms with Crippen LogP contribution in [0.15, 0.2) is 48.5 Å². The van der Waals surface area contributed by atoms with E-state index in [9.17, 15) is 9.59 Å². The Morgan fingerprint density at radius 1 is 0.966 bits per heavy atom. The maximum Gasteiger partial charge on any atom is 0.264 e. The van der Waals surface area contributed by atoms with Gasteiger partial charge in [0.05, 0.1) is 0 Å². The largest absolute Gasteiger partial charge is 0.484 e. The molecule has 0 radical (unpaired) electrons. The van der Waals surface area contributed by atoms with Gasteiger partial charge in [-0.25, -0.2) is 0 Å². The van der Waals surface area contributed by atoms with Gasteiger partial charge in [-0.3, -0.25) is 14.9 Å². The van der Waals surface area contributed by atoms with Gasteiger partial charge in [-0.1, -0.05) is 45.9 Å². The Balaban J connectivity index is 1.82. The second-order valence-corrected chi connectivity index (χ2v) is 7.65. The lowest BCUT2D eigenvalue weighted by atomic mass is 10.0. The third-order valence-corrected chi connectivity index (χ3v) is 4.29. The second kappa shape index (κ2) is 10.6. The molecule has 2 amide bonds. The van der Waals surface area contributed by atoms with Crippen molar-refractivity contribution in [3.63, 3.8) is 0 Å². The Labute approximate surface area is 177 Å². The molecule has 0 saturated carbocycles. The normalized spacial score (nSPS) is 10.6. The highest BCUT2D eigenvalue weighted by molar-refractivity contribution is 7.80. The van der Waals surface area contributed by atoms with Gasteiger partial charge in [0, 0.05) is 17.3 Å². The molecule has 3 N–H and O–H groups in total. The zero-order chi connectivity index (χ0) is 21.4. The first-order valence-electron chi connectivity index (χ1n) is 9.49. The first-order valence-corrected chi connectivity index (χ1v) is 9.90. The number of hydrogen-bond acceptors (Lipinski definition) is 4. The molecule has 0 fully saturated rings. The average molecular weight is 414 g/mol. The Kier molecular flexibility index (Phi) is 8.15. The number of thiocarbonyl (C=S) groups is 1. The minimum atomic E-state index is -0.361. The highest BCUT2D eigenvalue weighted by Gasteiger charge is 2.09. The molecule has 0 spiro atoms. The molecule has 2 aromatic rings. The number of carbonyl (C=O) groups is 2. The third kappa shape index (κ3) is 7.54. The lowest BCUT2D eigenvalue weighted by Gasteiger charge is -2.13. The van der Waals surface area contributed by atoms with Crippen LogP contribution in [0.2, 0.25) is 0 Å². The standard InChI is InChI=1S/C22H27N3O3S/c1-14(2)16-8-10-19(11-9-16)28-13-20(26)25-22(29)24-18-7-5-6-17(12-18)23-21(27)15(3)4/h5-12,14-15H,13H2,1-4H3,(H,23,27)(H2,24,25,26,29). The molecule has 6 nitrogen and oxygen atoms in total. The van der Waals surface area contributed by atoms with E-state index in [-0.39, 0.29) is 29.5 Å². The van der Waals surface area contributed by atoms with E-state index in [4.69, 9.17) is 17.0 Å². The summed E-state index contributed by atoms with van der Waals surface area (Å²) in [6, 6.07) is 14.7. The van der Waals surface area contributed by atoms with Gasteiger partial charge in [-0.15, -0.1) is 0 Å². The topological polar surface area (TPSA) is 79.5 Å². The van der Waals surface area contributed by atoms with Crippen molar-refractivity contribution in [2.24, 2.45) is 5.92 Å². The maximum atomic E-state index is 12.1. The molecule has 0 heterocycles. The van der Waals surface area contributed by atoms with Crippen LogP contribution in [-0.4, -0.2) is 23.5 Å². The maximum absolute atomic E-state index is 12.1. The molecule has 0 aliphatic heterocycles. The van der Waals surface area contributed by atoms with Crippen molar-refractivity contribution in [1.29, 1.82) is 0 Å². The van der Waals surface area contributed by atoms with Crippen LogP contribution in [0.25, 0.3) is 0 Å². The number of rotatable bonds is 7. The molecule has 0 bridgehead atoms. The smallest absolute Gasteiger partial charge is 0.264 e. The monoisotopic (exact) mass is 413 g/mol. The minimum Gasteiger partial charge on any atom is -0.484 e. The zero-order valence-corrected chi connectivity index (χ0v) is 17.9. The summed E-state index contributed by atoms with van der Waals surface area (Å²) in [7, 11) is 0. The Bertz CT molecular complexity index is 864. The molecule has 7 heteroatoms. The molecule has 0 aliphatic carbocycles. The van der Waals surface area contributed by atoms with E-state index in [0.29, 0.717) is 23.0 Å². The zero-order valence-electron chi connectivity index (χ0n) is 17.1. The van der Waals surface area contributed by atoms with Crippen molar-refractivity contribution in [1.82, 2.24) is 5.32 Å². The van der Waals surface area contributed by atoms with Crippen molar-refractivity contribution in [2.45, 2.75) is 33.6 Å². The molecule has 0 aromatic heterocycles. The number of nitrogens with one attached hydrogen (secondary N) is 3. The van der Waals surface area contributed by atoms with Crippen LogP contribution in [0.3, 0.4) is 0 Å². The summed E-state index contributed by atoms with van der Waals surface area (Å²) in [6.07, 6.45) is 0. The number of amides is 2. The summed E-state index contributed by atoms with van der Waals surface area (Å²) in [5, 5.41) is 8.47. The summed E-state index contributed by atoms with van der Waals surface area (Å²) in [5.74, 6) is 0.509. The summed E-state index contributed by atoms with van der Waals surface area (Å²) in [4.78, 5) is 23.9. The van der Waals surface area contributed by atoms with Gasteiger partial charge in [0.15, 0.2) is 11.7 Å². The fourth-order valence-corrected chi connectivity index (χ4v) is 2.62. The van der Waals surface area contributed by atoms with E-state index >= 15 is 0 Å². The number of ether oxygens (including phenoxy) is 1. The third-order valence-electron chi connectivity index (χ3n) is 4.08. The van der Waals surface area contributed by atoms with Crippen LogP contribution >= 0.6 is 12.2 Å². The lowest BCUT2D eigenvalue weighted by Crippen LogP contribution is -2.37. The first-order chi connectivity index (χ1) is 13.7. The second-order valence-electron chi connectivity index (χ2n) is 7.24. The van der Waals surface area contributed by atoms with E-state index in [2.05, 4.69) is 29.8 Å². The van der Waals surface area contributed by atoms with Gasteiger partial charge >= 0.3 is 0 Å². The van der Waals surface area contributed by atoms with Crippen LogP contribution in [-0.2, 0) is 9.59 Å². The molecule has 0 atom stereocenters. The average Bonchev–Trinajstić information content (AvgIpc) is 2.66. The Hall–Kier alpha value is -2.93. The quantitative estimate of drug-likeness (QED) is 0.590. The van der Waals surface area contributed by atoms with Gasteiger partial charge in [0.25, 0.3) is 5.91 Å². The van der Waals surface area contributed by atoms with Crippen molar-refractivity contribution in [2.75, 3.05) is 17.2 Å². The summed E-state index contributed by atoms with van der Waals surface area (Å²) in [5.41, 5.74) is 2.51. The predicted octanol–water partition coefficient (Wildman–Crippen LogP) is 4.30. The molecule has 154 valence electrons. The van der Waals surface area contributed by atoms with Gasteiger partial charge in [-0.2, -0.15) is 0 Å². The van der Waals surface area contributed by atoms with E-state index < -0.39 is 0 Å². The number of anilines is 2. The number of hydrogen-bond donors (Lipinski definition) is 3. The first kappa shape index (κ1) is 22.4. The molecule has 29 heavy (non-hydrogen) atoms. The predicted molar refractivity (Wildman–Crippen MR) is 120 cm³/mol. The van der Waals surface area contributed by atoms with Gasteiger partial charge < -0.3 is 15.4 Å². The van der Waals surface area contributed by atoms with Crippen molar-refractivity contribution < 1.29 is 14.3 Å². The van der Waals surface area contributed by atoms with Crippen LogP contribution < -0.4 is 20.7 Å². The van der Waals surface area contributed by atoms with E-state index in [0.717, 1.165) is 0 Å². The molecule has 0 unspecified atom stereocenters. The SMILES string of the molecule is CC(C)C(=O)Nc1cccc(NC(=S)NC(=O)COc2ccc(C(C)C)cc2)c1. The van der Waals surface area contributed by atoms with Crippen molar-refractivity contribution in [3.8, 4) is 5.75 Å². The van der Waals surface area contributed by atoms with Crippen molar-refractivity contribution >= 4 is 40.5 Å². The van der Waals surface area contributed by atoms with Gasteiger partial charge in [-0.05, 0) is 54.0 Å². The van der Waals surface area contributed by atoms with E-state index in [1.54, 1.807) is 24.3 Å². The lowest BCUT2D eigenvalue weighted by molar-refractivity contribution is -0.121. The molecule has 2 aromatic carbocycles. The molecule has 0 aliphatic rings. The number of carbonyl (C=O) groups excluding carboxylic acids is 2. The fourth-order valence-electron chi connectivity index (χ4n) is 2.38. The van der Waals surface area contributed by atoms with Crippen LogP contribution in [0.5, 0.6) is 5.75 Å². The minimum absolute atomic E-state index is 0.0726. The summed E-state index contributed by atoms with van der Waals surface area (Å²) >= 11 is 5.18. The molecule has 0 saturated heterocycles. The number of benzene rings is 2. The molecular formula is C22H27N3O3S. The van der Waals surface area contributed by atoms with Crippen molar-refractivity contribution in [3.05, 3.63) is 54.1 Å². The van der Waals surface area contributed by atoms with E-state index in [1.165, 1.54) is 5.56 Å². The Morgan fingerprint density at radius 3 is 2.17 bits per heavy atom. The summed E-state index contributed by atoms with van der Waals surface area (Å²) < 4.78 is 5.49. The van der Waals surface area contributed by atoms with Crippen LogP contribution in [0.4, 0.5) is 11.4 Å². The molecular weight excluding hydrogens is 386 g/mol. The Morgan fingerprint density at radius 2 is 1.59 bits per heavy atom. The fraction of sp³-hybridized carbons (Fsp3) is 0.318. The van der Waals surface area contributed by atoms with Crippen LogP contribution in [0.1, 0.15) is 39.2 Å². The highest BCUT2D eigenvalue weighted by atomic mass is 32.1. The molecule has 2 rings (SSSR count). The van der Waals surface area contributed by atoms with Gasteiger partial charge in [0.2, 0.25) is 5.91 Å². The highest BCUT2D eigenvalue weighted by Crippen LogP contribution is 2.18. The summed E-state index contributed by atoms with van der Waals surface area (Å²) in [6.45, 7) is 7.73. The van der Waals surface area contributed by atoms with Gasteiger partial charge in [0.1, 0.15) is 5.75 Å².